The largest absolute Gasteiger partial charge is 0.481 e. The van der Waals surface area contributed by atoms with Gasteiger partial charge in [0, 0.05) is 13.6 Å². The number of rotatable bonds is 5. The summed E-state index contributed by atoms with van der Waals surface area (Å²) in [5.74, 6) is -0.870. The van der Waals surface area contributed by atoms with Crippen LogP contribution < -0.4 is 5.32 Å². The molecule has 0 bridgehead atoms. The Balaban J connectivity index is 1.93. The number of aromatic nitrogens is 2. The second kappa shape index (κ2) is 6.46. The summed E-state index contributed by atoms with van der Waals surface area (Å²) < 4.78 is 0. The Bertz CT molecular complexity index is 695. The molecule has 1 aromatic heterocycles. The van der Waals surface area contributed by atoms with Crippen LogP contribution in [0.2, 0.25) is 0 Å². The highest BCUT2D eigenvalue weighted by atomic mass is 16.4. The van der Waals surface area contributed by atoms with Crippen molar-refractivity contribution in [3.8, 4) is 0 Å². The summed E-state index contributed by atoms with van der Waals surface area (Å²) in [6.45, 7) is 3.98. The number of carbonyl (C=O) groups excluding carboxylic acids is 1. The maximum Gasteiger partial charge on any atom is 0.317 e. The number of hydrogen-bond donors (Lipinski definition) is 3. The summed E-state index contributed by atoms with van der Waals surface area (Å²) in [6, 6.07) is 5.57. The molecule has 0 aliphatic heterocycles. The SMILES string of the molecule is Cc1ccc2nc(CNC(=O)N(C)CC(C)C(=O)O)[nH]c2c1. The molecule has 22 heavy (non-hydrogen) atoms. The highest BCUT2D eigenvalue weighted by molar-refractivity contribution is 5.77. The number of aliphatic carboxylic acids is 1. The van der Waals surface area contributed by atoms with Crippen molar-refractivity contribution in [2.45, 2.75) is 20.4 Å². The molecule has 1 atom stereocenters. The van der Waals surface area contributed by atoms with Gasteiger partial charge in [-0.05, 0) is 24.6 Å². The fourth-order valence-electron chi connectivity index (χ4n) is 2.13. The molecule has 2 amide bonds. The number of nitrogens with zero attached hydrogens (tertiary/aromatic N) is 2. The van der Waals surface area contributed by atoms with Crippen LogP contribution in [0.1, 0.15) is 18.3 Å². The fourth-order valence-corrected chi connectivity index (χ4v) is 2.13. The van der Waals surface area contributed by atoms with Crippen LogP contribution in [0.25, 0.3) is 11.0 Å². The lowest BCUT2D eigenvalue weighted by Crippen LogP contribution is -2.40. The van der Waals surface area contributed by atoms with Gasteiger partial charge in [0.15, 0.2) is 0 Å². The van der Waals surface area contributed by atoms with E-state index in [2.05, 4.69) is 15.3 Å². The van der Waals surface area contributed by atoms with Crippen molar-refractivity contribution in [3.05, 3.63) is 29.6 Å². The van der Waals surface area contributed by atoms with Gasteiger partial charge in [0.1, 0.15) is 5.82 Å². The molecule has 7 nitrogen and oxygen atoms in total. The molecule has 0 radical (unpaired) electrons. The number of aromatic amines is 1. The van der Waals surface area contributed by atoms with E-state index >= 15 is 0 Å². The van der Waals surface area contributed by atoms with Gasteiger partial charge in [-0.2, -0.15) is 0 Å². The lowest BCUT2D eigenvalue weighted by Gasteiger charge is -2.19. The molecule has 0 aliphatic rings. The molecule has 1 unspecified atom stereocenters. The first kappa shape index (κ1) is 15.8. The zero-order chi connectivity index (χ0) is 16.3. The average Bonchev–Trinajstić information content (AvgIpc) is 2.86. The van der Waals surface area contributed by atoms with Gasteiger partial charge in [0.25, 0.3) is 0 Å². The first-order valence-corrected chi connectivity index (χ1v) is 7.04. The molecule has 0 fully saturated rings. The Hall–Kier alpha value is -2.57. The zero-order valence-electron chi connectivity index (χ0n) is 12.9. The normalized spacial score (nSPS) is 12.1. The molecule has 1 heterocycles. The number of carbonyl (C=O) groups is 2. The molecule has 118 valence electrons. The standard InChI is InChI=1S/C15H20N4O3/c1-9-4-5-11-12(6-9)18-13(17-11)7-16-15(22)19(3)8-10(2)14(20)21/h4-6,10H,7-8H2,1-3H3,(H,16,22)(H,17,18)(H,20,21). The number of fused-ring (bicyclic) bond motifs is 1. The van der Waals surface area contributed by atoms with Gasteiger partial charge >= 0.3 is 12.0 Å². The third-order valence-electron chi connectivity index (χ3n) is 3.41. The number of urea groups is 1. The number of H-pyrrole nitrogens is 1. The number of amides is 2. The molecule has 3 N–H and O–H groups in total. The van der Waals surface area contributed by atoms with Crippen molar-refractivity contribution in [2.24, 2.45) is 5.92 Å². The van der Waals surface area contributed by atoms with Crippen molar-refractivity contribution in [3.63, 3.8) is 0 Å². The van der Waals surface area contributed by atoms with Gasteiger partial charge in [-0.1, -0.05) is 13.0 Å². The van der Waals surface area contributed by atoms with E-state index in [0.717, 1.165) is 16.6 Å². The summed E-state index contributed by atoms with van der Waals surface area (Å²) in [4.78, 5) is 31.6. The molecule has 1 aromatic carbocycles. The van der Waals surface area contributed by atoms with E-state index < -0.39 is 11.9 Å². The van der Waals surface area contributed by atoms with Gasteiger partial charge in [-0.3, -0.25) is 4.79 Å². The third-order valence-corrected chi connectivity index (χ3v) is 3.41. The van der Waals surface area contributed by atoms with Crippen LogP contribution in [0.4, 0.5) is 4.79 Å². The number of imidazole rings is 1. The molecular formula is C15H20N4O3. The van der Waals surface area contributed by atoms with Crippen LogP contribution in [0.3, 0.4) is 0 Å². The second-order valence-electron chi connectivity index (χ2n) is 5.48. The molecule has 2 rings (SSSR count). The molecule has 0 saturated heterocycles. The zero-order valence-corrected chi connectivity index (χ0v) is 12.9. The lowest BCUT2D eigenvalue weighted by atomic mass is 10.2. The summed E-state index contributed by atoms with van der Waals surface area (Å²) in [5.41, 5.74) is 2.91. The quantitative estimate of drug-likeness (QED) is 0.783. The molecule has 2 aromatic rings. The third kappa shape index (κ3) is 3.75. The Kier molecular flexibility index (Phi) is 4.65. The summed E-state index contributed by atoms with van der Waals surface area (Å²) >= 11 is 0. The van der Waals surface area contributed by atoms with Gasteiger partial charge in [0.05, 0.1) is 23.5 Å². The van der Waals surface area contributed by atoms with E-state index in [-0.39, 0.29) is 19.1 Å². The van der Waals surface area contributed by atoms with Gasteiger partial charge in [-0.15, -0.1) is 0 Å². The smallest absolute Gasteiger partial charge is 0.317 e. The number of carboxylic acids is 1. The second-order valence-corrected chi connectivity index (χ2v) is 5.48. The Morgan fingerprint density at radius 2 is 2.18 bits per heavy atom. The Morgan fingerprint density at radius 1 is 1.45 bits per heavy atom. The molecule has 0 saturated carbocycles. The Labute approximate surface area is 128 Å². The number of carboxylic acid groups (broad SMARTS) is 1. The molecular weight excluding hydrogens is 284 g/mol. The fraction of sp³-hybridized carbons (Fsp3) is 0.400. The highest BCUT2D eigenvalue weighted by Gasteiger charge is 2.17. The van der Waals surface area contributed by atoms with E-state index in [4.69, 9.17) is 5.11 Å². The minimum absolute atomic E-state index is 0.153. The van der Waals surface area contributed by atoms with Gasteiger partial charge in [0.2, 0.25) is 0 Å². The average molecular weight is 304 g/mol. The monoisotopic (exact) mass is 304 g/mol. The van der Waals surface area contributed by atoms with E-state index in [1.807, 2.05) is 25.1 Å². The van der Waals surface area contributed by atoms with Crippen LogP contribution in [0.15, 0.2) is 18.2 Å². The number of hydrogen-bond acceptors (Lipinski definition) is 3. The van der Waals surface area contributed by atoms with Crippen molar-refractivity contribution in [1.29, 1.82) is 0 Å². The van der Waals surface area contributed by atoms with E-state index in [0.29, 0.717) is 5.82 Å². The minimum Gasteiger partial charge on any atom is -0.481 e. The van der Waals surface area contributed by atoms with Gasteiger partial charge in [-0.25, -0.2) is 9.78 Å². The van der Waals surface area contributed by atoms with E-state index in [1.165, 1.54) is 4.90 Å². The summed E-state index contributed by atoms with van der Waals surface area (Å²) in [6.07, 6.45) is 0. The van der Waals surface area contributed by atoms with Crippen molar-refractivity contribution < 1.29 is 14.7 Å². The van der Waals surface area contributed by atoms with Crippen LogP contribution in [-0.2, 0) is 11.3 Å². The number of benzene rings is 1. The maximum absolute atomic E-state index is 11.9. The highest BCUT2D eigenvalue weighted by Crippen LogP contribution is 2.13. The number of nitrogens with one attached hydrogen (secondary N) is 2. The van der Waals surface area contributed by atoms with Crippen LogP contribution in [0, 0.1) is 12.8 Å². The van der Waals surface area contributed by atoms with Crippen LogP contribution in [-0.4, -0.2) is 45.6 Å². The predicted molar refractivity (Wildman–Crippen MR) is 82.5 cm³/mol. The molecule has 0 spiro atoms. The molecule has 0 aliphatic carbocycles. The minimum atomic E-state index is -0.924. The Morgan fingerprint density at radius 3 is 2.86 bits per heavy atom. The van der Waals surface area contributed by atoms with Gasteiger partial charge < -0.3 is 20.3 Å². The lowest BCUT2D eigenvalue weighted by molar-refractivity contribution is -0.141. The van der Waals surface area contributed by atoms with Crippen LogP contribution >= 0.6 is 0 Å². The maximum atomic E-state index is 11.9. The van der Waals surface area contributed by atoms with E-state index in [1.54, 1.807) is 14.0 Å². The van der Waals surface area contributed by atoms with Crippen molar-refractivity contribution in [1.82, 2.24) is 20.2 Å². The number of aryl methyl sites for hydroxylation is 1. The topological polar surface area (TPSA) is 98.3 Å². The van der Waals surface area contributed by atoms with Crippen molar-refractivity contribution in [2.75, 3.05) is 13.6 Å². The van der Waals surface area contributed by atoms with Crippen LogP contribution in [0.5, 0.6) is 0 Å². The summed E-state index contributed by atoms with van der Waals surface area (Å²) in [5, 5.41) is 11.6. The van der Waals surface area contributed by atoms with E-state index in [9.17, 15) is 9.59 Å². The summed E-state index contributed by atoms with van der Waals surface area (Å²) in [7, 11) is 1.57. The first-order chi connectivity index (χ1) is 10.4. The van der Waals surface area contributed by atoms with Crippen molar-refractivity contribution >= 4 is 23.0 Å². The molecule has 7 heteroatoms. The predicted octanol–water partition coefficient (Wildman–Crippen LogP) is 1.73. The first-order valence-electron chi connectivity index (χ1n) is 7.04.